The SMILES string of the molecule is COc1c(C)cc(C(=O)CCN)cc1C. The van der Waals surface area contributed by atoms with Gasteiger partial charge >= 0.3 is 0 Å². The van der Waals surface area contributed by atoms with Crippen LogP contribution in [0, 0.1) is 13.8 Å². The predicted octanol–water partition coefficient (Wildman–Crippen LogP) is 1.84. The molecule has 1 rings (SSSR count). The van der Waals surface area contributed by atoms with Crippen molar-refractivity contribution in [3.05, 3.63) is 28.8 Å². The number of carbonyl (C=O) groups is 1. The van der Waals surface area contributed by atoms with Crippen molar-refractivity contribution in [1.82, 2.24) is 0 Å². The van der Waals surface area contributed by atoms with E-state index in [-0.39, 0.29) is 5.78 Å². The van der Waals surface area contributed by atoms with Crippen molar-refractivity contribution in [1.29, 1.82) is 0 Å². The molecule has 0 aliphatic carbocycles. The quantitative estimate of drug-likeness (QED) is 0.766. The third kappa shape index (κ3) is 2.57. The molecule has 1 aromatic rings. The van der Waals surface area contributed by atoms with Crippen molar-refractivity contribution in [2.24, 2.45) is 5.73 Å². The Morgan fingerprint density at radius 3 is 2.27 bits per heavy atom. The smallest absolute Gasteiger partial charge is 0.164 e. The number of aryl methyl sites for hydroxylation is 2. The molecular formula is C12H17NO2. The zero-order chi connectivity index (χ0) is 11.4. The van der Waals surface area contributed by atoms with Crippen molar-refractivity contribution in [3.63, 3.8) is 0 Å². The number of carbonyl (C=O) groups excluding carboxylic acids is 1. The van der Waals surface area contributed by atoms with Gasteiger partial charge in [0.2, 0.25) is 0 Å². The zero-order valence-electron chi connectivity index (χ0n) is 9.46. The summed E-state index contributed by atoms with van der Waals surface area (Å²) in [7, 11) is 1.64. The lowest BCUT2D eigenvalue weighted by Gasteiger charge is -2.10. The molecule has 0 unspecified atom stereocenters. The van der Waals surface area contributed by atoms with Gasteiger partial charge < -0.3 is 10.5 Å². The number of methoxy groups -OCH3 is 1. The highest BCUT2D eigenvalue weighted by Gasteiger charge is 2.10. The second-order valence-electron chi connectivity index (χ2n) is 3.61. The zero-order valence-corrected chi connectivity index (χ0v) is 9.46. The molecule has 0 atom stereocenters. The molecular weight excluding hydrogens is 190 g/mol. The maximum Gasteiger partial charge on any atom is 0.164 e. The second-order valence-corrected chi connectivity index (χ2v) is 3.61. The molecule has 0 aromatic heterocycles. The van der Waals surface area contributed by atoms with Gasteiger partial charge in [-0.15, -0.1) is 0 Å². The molecule has 0 amide bonds. The van der Waals surface area contributed by atoms with Gasteiger partial charge in [0.15, 0.2) is 5.78 Å². The molecule has 82 valence electrons. The van der Waals surface area contributed by atoms with Crippen molar-refractivity contribution in [2.75, 3.05) is 13.7 Å². The number of nitrogens with two attached hydrogens (primary N) is 1. The van der Waals surface area contributed by atoms with Gasteiger partial charge in [-0.25, -0.2) is 0 Å². The van der Waals surface area contributed by atoms with Gasteiger partial charge in [-0.05, 0) is 43.7 Å². The fraction of sp³-hybridized carbons (Fsp3) is 0.417. The minimum atomic E-state index is 0.0892. The highest BCUT2D eigenvalue weighted by molar-refractivity contribution is 5.96. The van der Waals surface area contributed by atoms with Crippen LogP contribution in [-0.2, 0) is 0 Å². The second kappa shape index (κ2) is 4.94. The molecule has 0 saturated carbocycles. The summed E-state index contributed by atoms with van der Waals surface area (Å²) >= 11 is 0. The van der Waals surface area contributed by atoms with E-state index in [4.69, 9.17) is 10.5 Å². The van der Waals surface area contributed by atoms with E-state index in [1.807, 2.05) is 26.0 Å². The van der Waals surface area contributed by atoms with Crippen LogP contribution < -0.4 is 10.5 Å². The maximum atomic E-state index is 11.6. The van der Waals surface area contributed by atoms with E-state index in [1.54, 1.807) is 7.11 Å². The van der Waals surface area contributed by atoms with E-state index in [0.717, 1.165) is 22.4 Å². The summed E-state index contributed by atoms with van der Waals surface area (Å²) in [5.74, 6) is 0.936. The van der Waals surface area contributed by atoms with Crippen molar-refractivity contribution >= 4 is 5.78 Å². The van der Waals surface area contributed by atoms with Crippen LogP contribution in [0.15, 0.2) is 12.1 Å². The van der Waals surface area contributed by atoms with E-state index in [2.05, 4.69) is 0 Å². The van der Waals surface area contributed by atoms with Gasteiger partial charge in [-0.2, -0.15) is 0 Å². The summed E-state index contributed by atoms with van der Waals surface area (Å²) in [5.41, 5.74) is 8.04. The van der Waals surface area contributed by atoms with Crippen LogP contribution in [0.4, 0.5) is 0 Å². The molecule has 0 aliphatic rings. The molecule has 0 aliphatic heterocycles. The summed E-state index contributed by atoms with van der Waals surface area (Å²) in [6, 6.07) is 3.70. The average Bonchev–Trinajstić information content (AvgIpc) is 2.17. The normalized spacial score (nSPS) is 10.1. The average molecular weight is 207 g/mol. The third-order valence-electron chi connectivity index (χ3n) is 2.36. The largest absolute Gasteiger partial charge is 0.496 e. The van der Waals surface area contributed by atoms with Gasteiger partial charge in [0.1, 0.15) is 5.75 Å². The number of benzene rings is 1. The Hall–Kier alpha value is -1.35. The molecule has 0 radical (unpaired) electrons. The number of Topliss-reactive ketones (excluding diaryl/α,β-unsaturated/α-hetero) is 1. The minimum absolute atomic E-state index is 0.0892. The summed E-state index contributed by atoms with van der Waals surface area (Å²) in [5, 5.41) is 0. The van der Waals surface area contributed by atoms with Gasteiger partial charge in [-0.3, -0.25) is 4.79 Å². The fourth-order valence-corrected chi connectivity index (χ4v) is 1.71. The Morgan fingerprint density at radius 2 is 1.87 bits per heavy atom. The number of hydrogen-bond acceptors (Lipinski definition) is 3. The summed E-state index contributed by atoms with van der Waals surface area (Å²) in [6.07, 6.45) is 0.394. The molecule has 0 heterocycles. The molecule has 0 fully saturated rings. The fourth-order valence-electron chi connectivity index (χ4n) is 1.71. The van der Waals surface area contributed by atoms with Crippen LogP contribution in [0.1, 0.15) is 27.9 Å². The van der Waals surface area contributed by atoms with Gasteiger partial charge in [0, 0.05) is 12.0 Å². The summed E-state index contributed by atoms with van der Waals surface area (Å²) < 4.78 is 5.23. The number of ether oxygens (including phenoxy) is 1. The van der Waals surface area contributed by atoms with Crippen LogP contribution in [-0.4, -0.2) is 19.4 Å². The Bertz CT molecular complexity index is 349. The molecule has 3 nitrogen and oxygen atoms in total. The first-order chi connectivity index (χ1) is 7.10. The first-order valence-corrected chi connectivity index (χ1v) is 4.98. The third-order valence-corrected chi connectivity index (χ3v) is 2.36. The van der Waals surface area contributed by atoms with Crippen LogP contribution in [0.2, 0.25) is 0 Å². The number of ketones is 1. The molecule has 3 heteroatoms. The van der Waals surface area contributed by atoms with Crippen molar-refractivity contribution < 1.29 is 9.53 Å². The Balaban J connectivity index is 3.08. The highest BCUT2D eigenvalue weighted by atomic mass is 16.5. The lowest BCUT2D eigenvalue weighted by Crippen LogP contribution is -2.08. The lowest BCUT2D eigenvalue weighted by molar-refractivity contribution is 0.0985. The van der Waals surface area contributed by atoms with Crippen LogP contribution in [0.3, 0.4) is 0 Å². The molecule has 0 spiro atoms. The highest BCUT2D eigenvalue weighted by Crippen LogP contribution is 2.24. The van der Waals surface area contributed by atoms with Crippen LogP contribution in [0.25, 0.3) is 0 Å². The Kier molecular flexibility index (Phi) is 3.86. The van der Waals surface area contributed by atoms with E-state index in [9.17, 15) is 4.79 Å². The molecule has 1 aromatic carbocycles. The monoisotopic (exact) mass is 207 g/mol. The molecule has 2 N–H and O–H groups in total. The molecule has 0 bridgehead atoms. The Morgan fingerprint density at radius 1 is 1.33 bits per heavy atom. The number of rotatable bonds is 4. The predicted molar refractivity (Wildman–Crippen MR) is 60.5 cm³/mol. The lowest BCUT2D eigenvalue weighted by atomic mass is 10.0. The standard InChI is InChI=1S/C12H17NO2/c1-8-6-10(11(14)4-5-13)7-9(2)12(8)15-3/h6-7H,4-5,13H2,1-3H3. The maximum absolute atomic E-state index is 11.6. The molecule has 15 heavy (non-hydrogen) atoms. The molecule has 0 saturated heterocycles. The van der Waals surface area contributed by atoms with Gasteiger partial charge in [0.25, 0.3) is 0 Å². The minimum Gasteiger partial charge on any atom is -0.496 e. The van der Waals surface area contributed by atoms with E-state index in [1.165, 1.54) is 0 Å². The van der Waals surface area contributed by atoms with E-state index >= 15 is 0 Å². The van der Waals surface area contributed by atoms with Gasteiger partial charge in [-0.1, -0.05) is 0 Å². The van der Waals surface area contributed by atoms with E-state index < -0.39 is 0 Å². The van der Waals surface area contributed by atoms with Crippen LogP contribution in [0.5, 0.6) is 5.75 Å². The van der Waals surface area contributed by atoms with Crippen LogP contribution >= 0.6 is 0 Å². The number of hydrogen-bond donors (Lipinski definition) is 1. The van der Waals surface area contributed by atoms with Gasteiger partial charge in [0.05, 0.1) is 7.11 Å². The first kappa shape index (κ1) is 11.7. The van der Waals surface area contributed by atoms with E-state index in [0.29, 0.717) is 13.0 Å². The van der Waals surface area contributed by atoms with Crippen molar-refractivity contribution in [3.8, 4) is 5.75 Å². The van der Waals surface area contributed by atoms with Crippen molar-refractivity contribution in [2.45, 2.75) is 20.3 Å². The topological polar surface area (TPSA) is 52.3 Å². The first-order valence-electron chi connectivity index (χ1n) is 4.98. The Labute approximate surface area is 90.2 Å². The summed E-state index contributed by atoms with van der Waals surface area (Å²) in [6.45, 7) is 4.26. The summed E-state index contributed by atoms with van der Waals surface area (Å²) in [4.78, 5) is 11.6.